The Bertz CT molecular complexity index is 41.0. The molecule has 2 heteroatoms. The molecule has 8 heavy (non-hydrogen) atoms. The van der Waals surface area contributed by atoms with E-state index in [-0.39, 0.29) is 0 Å². The molecule has 0 aromatic heterocycles. The van der Waals surface area contributed by atoms with E-state index in [1.807, 2.05) is 13.8 Å². The Morgan fingerprint density at radius 2 is 1.88 bits per heavy atom. The van der Waals surface area contributed by atoms with Gasteiger partial charge >= 0.3 is 0 Å². The second kappa shape index (κ2) is 10.1. The minimum absolute atomic E-state index is 0.528. The third-order valence-corrected chi connectivity index (χ3v) is 0.167. The summed E-state index contributed by atoms with van der Waals surface area (Å²) in [6.45, 7) is 8.00. The van der Waals surface area contributed by atoms with Gasteiger partial charge in [-0.05, 0) is 5.25 Å². The van der Waals surface area contributed by atoms with Crippen LogP contribution in [0.5, 0.6) is 0 Å². The molecule has 0 aromatic carbocycles. The lowest BCUT2D eigenvalue weighted by atomic mass is 10.6. The van der Waals surface area contributed by atoms with Crippen LogP contribution in [0, 0.1) is 0 Å². The maximum atomic E-state index is 4.91. The summed E-state index contributed by atoms with van der Waals surface area (Å²) in [5.74, 6) is 0. The van der Waals surface area contributed by atoms with Crippen LogP contribution in [0.1, 0.15) is 13.8 Å². The second-order valence-corrected chi connectivity index (χ2v) is 2.65. The van der Waals surface area contributed by atoms with Crippen LogP contribution in [-0.2, 0) is 0 Å². The van der Waals surface area contributed by atoms with E-state index in [4.69, 9.17) is 5.73 Å². The Hall–Kier alpha value is 0.0500. The van der Waals surface area contributed by atoms with Crippen molar-refractivity contribution in [2.75, 3.05) is 6.54 Å². The molecule has 0 radical (unpaired) electrons. The Morgan fingerprint density at radius 3 is 1.88 bits per heavy atom. The molecule has 0 aliphatic carbocycles. The third-order valence-electron chi connectivity index (χ3n) is 0.167. The summed E-state index contributed by atoms with van der Waals surface area (Å²) in [5.41, 5.74) is 4.91. The number of hydrogen-bond donors (Lipinski definition) is 2. The topological polar surface area (TPSA) is 26.0 Å². The van der Waals surface area contributed by atoms with Gasteiger partial charge < -0.3 is 5.73 Å². The third kappa shape index (κ3) is 140. The van der Waals surface area contributed by atoms with Crippen LogP contribution in [0.15, 0.2) is 12.7 Å². The Balaban J connectivity index is 0. The highest BCUT2D eigenvalue weighted by Gasteiger charge is 1.69. The predicted molar refractivity (Wildman–Crippen MR) is 43.4 cm³/mol. The average molecular weight is 133 g/mol. The first-order chi connectivity index (χ1) is 3.65. The van der Waals surface area contributed by atoms with Crippen LogP contribution in [0.4, 0.5) is 0 Å². The van der Waals surface area contributed by atoms with Gasteiger partial charge in [0, 0.05) is 6.54 Å². The first kappa shape index (κ1) is 10.9. The standard InChI is InChI=1S/C3H7N.C3H8S/c1-2-3-4;1-3(2)4/h2H,1,3-4H2;3-4H,1-2H3. The van der Waals surface area contributed by atoms with E-state index < -0.39 is 0 Å². The summed E-state index contributed by atoms with van der Waals surface area (Å²) < 4.78 is 0. The largest absolute Gasteiger partial charge is 0.327 e. The van der Waals surface area contributed by atoms with Gasteiger partial charge in [-0.15, -0.1) is 6.58 Å². The van der Waals surface area contributed by atoms with Gasteiger partial charge in [0.05, 0.1) is 0 Å². The van der Waals surface area contributed by atoms with Gasteiger partial charge in [-0.25, -0.2) is 0 Å². The summed E-state index contributed by atoms with van der Waals surface area (Å²) >= 11 is 3.97. The van der Waals surface area contributed by atoms with Crippen molar-refractivity contribution < 1.29 is 0 Å². The van der Waals surface area contributed by atoms with E-state index >= 15 is 0 Å². The summed E-state index contributed by atoms with van der Waals surface area (Å²) in [4.78, 5) is 0. The fraction of sp³-hybridized carbons (Fsp3) is 0.667. The van der Waals surface area contributed by atoms with Gasteiger partial charge in [0.2, 0.25) is 0 Å². The molecule has 1 nitrogen and oxygen atoms in total. The monoisotopic (exact) mass is 133 g/mol. The number of rotatable bonds is 1. The molecule has 0 rings (SSSR count). The molecule has 0 heterocycles. The minimum atomic E-state index is 0.528. The molecule has 0 bridgehead atoms. The SMILES string of the molecule is C=CCN.CC(C)S. The molecule has 0 saturated heterocycles. The molecular weight excluding hydrogens is 118 g/mol. The number of thiol groups is 1. The molecule has 0 atom stereocenters. The van der Waals surface area contributed by atoms with Gasteiger partial charge in [-0.1, -0.05) is 19.9 Å². The van der Waals surface area contributed by atoms with Crippen LogP contribution in [0.3, 0.4) is 0 Å². The van der Waals surface area contributed by atoms with Crippen LogP contribution in [0.25, 0.3) is 0 Å². The van der Waals surface area contributed by atoms with Gasteiger partial charge in [-0.2, -0.15) is 12.6 Å². The fourth-order valence-corrected chi connectivity index (χ4v) is 0. The zero-order valence-electron chi connectivity index (χ0n) is 5.59. The molecule has 0 fully saturated rings. The molecule has 0 spiro atoms. The maximum Gasteiger partial charge on any atom is 0.0104 e. The average Bonchev–Trinajstić information content (AvgIpc) is 1.65. The van der Waals surface area contributed by atoms with E-state index in [9.17, 15) is 0 Å². The summed E-state index contributed by atoms with van der Waals surface area (Å²) in [6, 6.07) is 0. The molecule has 2 N–H and O–H groups in total. The van der Waals surface area contributed by atoms with Gasteiger partial charge in [0.15, 0.2) is 0 Å². The normalized spacial score (nSPS) is 7.62. The van der Waals surface area contributed by atoms with Crippen molar-refractivity contribution in [3.63, 3.8) is 0 Å². The summed E-state index contributed by atoms with van der Waals surface area (Å²) in [7, 11) is 0. The van der Waals surface area contributed by atoms with Crippen molar-refractivity contribution in [2.24, 2.45) is 5.73 Å². The molecule has 50 valence electrons. The van der Waals surface area contributed by atoms with Gasteiger partial charge in [0.1, 0.15) is 0 Å². The molecule has 0 aliphatic rings. The highest BCUT2D eigenvalue weighted by Crippen LogP contribution is 1.83. The predicted octanol–water partition coefficient (Wildman–Crippen LogP) is 1.46. The van der Waals surface area contributed by atoms with Crippen molar-refractivity contribution in [2.45, 2.75) is 19.1 Å². The molecule has 0 saturated carbocycles. The van der Waals surface area contributed by atoms with Gasteiger partial charge in [-0.3, -0.25) is 0 Å². The van der Waals surface area contributed by atoms with Crippen LogP contribution < -0.4 is 5.73 Å². The summed E-state index contributed by atoms with van der Waals surface area (Å²) in [6.07, 6.45) is 1.65. The van der Waals surface area contributed by atoms with Crippen molar-refractivity contribution in [3.05, 3.63) is 12.7 Å². The lowest BCUT2D eigenvalue weighted by Gasteiger charge is -1.78. The molecule has 0 unspecified atom stereocenters. The van der Waals surface area contributed by atoms with Crippen molar-refractivity contribution in [1.29, 1.82) is 0 Å². The Morgan fingerprint density at radius 1 is 1.75 bits per heavy atom. The molecule has 0 aromatic rings. The Labute approximate surface area is 57.4 Å². The molecular formula is C6H15NS. The van der Waals surface area contributed by atoms with Crippen molar-refractivity contribution in [1.82, 2.24) is 0 Å². The highest BCUT2D eigenvalue weighted by molar-refractivity contribution is 7.80. The lowest BCUT2D eigenvalue weighted by Crippen LogP contribution is -1.90. The minimum Gasteiger partial charge on any atom is -0.327 e. The quantitative estimate of drug-likeness (QED) is 0.411. The number of hydrogen-bond acceptors (Lipinski definition) is 2. The van der Waals surface area contributed by atoms with E-state index in [2.05, 4.69) is 19.2 Å². The first-order valence-electron chi connectivity index (χ1n) is 2.64. The van der Waals surface area contributed by atoms with Gasteiger partial charge in [0.25, 0.3) is 0 Å². The van der Waals surface area contributed by atoms with E-state index in [1.165, 1.54) is 0 Å². The van der Waals surface area contributed by atoms with Crippen LogP contribution >= 0.6 is 12.6 Å². The summed E-state index contributed by atoms with van der Waals surface area (Å²) in [5, 5.41) is 0.528. The second-order valence-electron chi connectivity index (χ2n) is 1.62. The van der Waals surface area contributed by atoms with E-state index in [0.29, 0.717) is 11.8 Å². The van der Waals surface area contributed by atoms with E-state index in [0.717, 1.165) is 0 Å². The maximum absolute atomic E-state index is 4.91. The highest BCUT2D eigenvalue weighted by atomic mass is 32.1. The van der Waals surface area contributed by atoms with Crippen LogP contribution in [0.2, 0.25) is 0 Å². The lowest BCUT2D eigenvalue weighted by molar-refractivity contribution is 1.13. The Kier molecular flexibility index (Phi) is 13.8. The smallest absolute Gasteiger partial charge is 0.0104 e. The molecule has 0 aliphatic heterocycles. The van der Waals surface area contributed by atoms with Crippen LogP contribution in [-0.4, -0.2) is 11.8 Å². The zero-order valence-corrected chi connectivity index (χ0v) is 6.49. The van der Waals surface area contributed by atoms with Crippen molar-refractivity contribution >= 4 is 12.6 Å². The van der Waals surface area contributed by atoms with E-state index in [1.54, 1.807) is 6.08 Å². The number of nitrogens with two attached hydrogens (primary N) is 1. The zero-order chi connectivity index (χ0) is 6.99. The van der Waals surface area contributed by atoms with Crippen molar-refractivity contribution in [3.8, 4) is 0 Å². The fourth-order valence-electron chi connectivity index (χ4n) is 0. The molecule has 0 amide bonds. The first-order valence-corrected chi connectivity index (χ1v) is 3.15.